The molecule has 6 N–H and O–H groups in total. The minimum Gasteiger partial charge on any atom is -0.504 e. The number of hydrazine groups is 1. The quantitative estimate of drug-likeness (QED) is 0.335. The third kappa shape index (κ3) is 4.25. The Bertz CT molecular complexity index is 1090. The molecule has 0 bridgehead atoms. The van der Waals surface area contributed by atoms with Gasteiger partial charge in [-0.2, -0.15) is 0 Å². The van der Waals surface area contributed by atoms with Crippen molar-refractivity contribution in [3.05, 3.63) is 35.2 Å². The maximum atomic E-state index is 13.5. The molecule has 0 radical (unpaired) electrons. The summed E-state index contributed by atoms with van der Waals surface area (Å²) in [4.78, 5) is 17.6. The van der Waals surface area contributed by atoms with E-state index in [1.807, 2.05) is 26.8 Å². The number of nitrogens with zero attached hydrogens (tertiary/aromatic N) is 3. The van der Waals surface area contributed by atoms with Crippen molar-refractivity contribution in [3.8, 4) is 11.5 Å². The fraction of sp³-hybridized carbons (Fsp3) is 0.679. The maximum Gasteiger partial charge on any atom is 0.243 e. The van der Waals surface area contributed by atoms with Crippen molar-refractivity contribution >= 4 is 5.91 Å². The molecule has 9 heteroatoms. The van der Waals surface area contributed by atoms with Gasteiger partial charge in [0.05, 0.1) is 17.6 Å². The van der Waals surface area contributed by atoms with Crippen LogP contribution in [0.1, 0.15) is 57.6 Å². The van der Waals surface area contributed by atoms with Crippen LogP contribution in [0.3, 0.4) is 0 Å². The van der Waals surface area contributed by atoms with Crippen molar-refractivity contribution in [2.24, 2.45) is 23.4 Å². The zero-order chi connectivity index (χ0) is 26.7. The lowest BCUT2D eigenvalue weighted by Gasteiger charge is -2.57. The second-order valence-corrected chi connectivity index (χ2v) is 12.0. The molecule has 3 aliphatic heterocycles. The lowest BCUT2D eigenvalue weighted by atomic mass is 9.56. The summed E-state index contributed by atoms with van der Waals surface area (Å²) in [6.07, 6.45) is 4.77. The monoisotopic (exact) mass is 513 g/mol. The fourth-order valence-corrected chi connectivity index (χ4v) is 6.91. The van der Waals surface area contributed by atoms with Crippen LogP contribution in [0.2, 0.25) is 0 Å². The fourth-order valence-electron chi connectivity index (χ4n) is 6.91. The Morgan fingerprint density at radius 2 is 2.03 bits per heavy atom. The number of nitrogens with two attached hydrogens (primary N) is 2. The largest absolute Gasteiger partial charge is 0.504 e. The van der Waals surface area contributed by atoms with Crippen LogP contribution in [0, 0.1) is 18.8 Å². The normalized spacial score (nSPS) is 31.9. The van der Waals surface area contributed by atoms with Crippen molar-refractivity contribution in [2.45, 2.75) is 76.5 Å². The van der Waals surface area contributed by atoms with Gasteiger partial charge in [-0.25, -0.2) is 5.84 Å². The lowest BCUT2D eigenvalue weighted by molar-refractivity contribution is -0.151. The summed E-state index contributed by atoms with van der Waals surface area (Å²) < 4.78 is 6.49. The Morgan fingerprint density at radius 3 is 2.70 bits per heavy atom. The third-order valence-corrected chi connectivity index (χ3v) is 9.40. The van der Waals surface area contributed by atoms with Gasteiger partial charge < -0.3 is 30.6 Å². The van der Waals surface area contributed by atoms with Crippen molar-refractivity contribution in [1.29, 1.82) is 0 Å². The molecule has 2 saturated heterocycles. The van der Waals surface area contributed by atoms with E-state index in [2.05, 4.69) is 11.8 Å². The molecular weight excluding hydrogens is 470 g/mol. The number of aliphatic hydroxyl groups is 1. The topological polar surface area (TPSA) is 129 Å². The van der Waals surface area contributed by atoms with Crippen LogP contribution in [-0.2, 0) is 10.2 Å². The lowest BCUT2D eigenvalue weighted by Crippen LogP contribution is -2.70. The maximum absolute atomic E-state index is 13.5. The number of likely N-dealkylation sites (tertiary alicyclic amines) is 2. The number of fused-ring (bicyclic) bond motifs is 1. The number of benzene rings is 1. The standard InChI is InChI=1S/C28H43N5O4/c1-17(2)21(29)14-33(30)16-24(35)32-12-10-28(36)19(4)31(13-20-6-7-20)11-9-27(28)23(15-32)37-26-22(34)8-5-18(3)25(26)27/h5,8,14,17,19-20,23,34,36H,6-7,9-13,15-16,29-30H2,1-4H3/b21-14-/t19?,23-,27?,28?/m0/s1. The average Bonchev–Trinajstić information content (AvgIpc) is 3.61. The number of phenols is 1. The summed E-state index contributed by atoms with van der Waals surface area (Å²) in [7, 11) is 0. The van der Waals surface area contributed by atoms with E-state index in [9.17, 15) is 15.0 Å². The minimum atomic E-state index is -1.13. The summed E-state index contributed by atoms with van der Waals surface area (Å²) in [5.74, 6) is 7.34. The number of ether oxygens (including phenoxy) is 1. The van der Waals surface area contributed by atoms with Crippen LogP contribution in [0.15, 0.2) is 24.0 Å². The number of hydrogen-bond donors (Lipinski definition) is 4. The van der Waals surface area contributed by atoms with E-state index in [0.717, 1.165) is 24.2 Å². The first-order chi connectivity index (χ1) is 17.5. The highest BCUT2D eigenvalue weighted by Gasteiger charge is 2.68. The first-order valence-electron chi connectivity index (χ1n) is 13.7. The Balaban J connectivity index is 1.49. The molecule has 4 aliphatic rings. The van der Waals surface area contributed by atoms with E-state index in [0.29, 0.717) is 43.3 Å². The summed E-state index contributed by atoms with van der Waals surface area (Å²) in [5.41, 5.74) is 6.70. The van der Waals surface area contributed by atoms with Gasteiger partial charge in [-0.05, 0) is 69.5 Å². The van der Waals surface area contributed by atoms with Crippen LogP contribution in [0.5, 0.6) is 11.5 Å². The molecule has 0 aromatic heterocycles. The minimum absolute atomic E-state index is 0.0217. The number of phenolic OH excluding ortho intramolecular Hbond substituents is 1. The Hall–Kier alpha value is -2.49. The number of amides is 1. The first kappa shape index (κ1) is 26.1. The molecule has 5 rings (SSSR count). The van der Waals surface area contributed by atoms with Crippen LogP contribution in [0.4, 0.5) is 0 Å². The van der Waals surface area contributed by atoms with Gasteiger partial charge >= 0.3 is 0 Å². The predicted octanol–water partition coefficient (Wildman–Crippen LogP) is 1.80. The van der Waals surface area contributed by atoms with Crippen LogP contribution >= 0.6 is 0 Å². The molecule has 4 atom stereocenters. The van der Waals surface area contributed by atoms with E-state index in [1.54, 1.807) is 17.2 Å². The van der Waals surface area contributed by atoms with Crippen molar-refractivity contribution in [3.63, 3.8) is 0 Å². The van der Waals surface area contributed by atoms with E-state index in [-0.39, 0.29) is 30.2 Å². The van der Waals surface area contributed by atoms with Crippen molar-refractivity contribution in [1.82, 2.24) is 14.8 Å². The Labute approximate surface area is 220 Å². The molecule has 1 aromatic rings. The van der Waals surface area contributed by atoms with E-state index in [1.165, 1.54) is 17.9 Å². The van der Waals surface area contributed by atoms with Gasteiger partial charge in [-0.1, -0.05) is 19.9 Å². The molecule has 1 aliphatic carbocycles. The average molecular weight is 514 g/mol. The molecule has 3 heterocycles. The number of aromatic hydroxyl groups is 1. The molecule has 1 amide bonds. The molecule has 9 nitrogen and oxygen atoms in total. The third-order valence-electron chi connectivity index (χ3n) is 9.40. The number of piperidine rings is 1. The SMILES string of the molecule is Cc1ccc(O)c2c1C13CCN(CC4CC4)C(C)C1(O)CCN(C(=O)CN(N)/C=C(\N)C(C)C)C[C@@H]3O2. The first-order valence-corrected chi connectivity index (χ1v) is 13.7. The summed E-state index contributed by atoms with van der Waals surface area (Å²) in [6.45, 7) is 10.6. The predicted molar refractivity (Wildman–Crippen MR) is 141 cm³/mol. The van der Waals surface area contributed by atoms with Crippen molar-refractivity contribution in [2.75, 3.05) is 32.7 Å². The number of carbonyl (C=O) groups excluding carboxylic acids is 1. The van der Waals surface area contributed by atoms with Gasteiger partial charge in [0.2, 0.25) is 5.91 Å². The second-order valence-electron chi connectivity index (χ2n) is 12.0. The molecule has 3 unspecified atom stereocenters. The molecular formula is C28H43N5O4. The second kappa shape index (κ2) is 9.36. The highest BCUT2D eigenvalue weighted by Crippen LogP contribution is 2.60. The molecule has 3 fully saturated rings. The van der Waals surface area contributed by atoms with Gasteiger partial charge in [0.25, 0.3) is 0 Å². The highest BCUT2D eigenvalue weighted by molar-refractivity contribution is 5.78. The zero-order valence-electron chi connectivity index (χ0n) is 22.6. The summed E-state index contributed by atoms with van der Waals surface area (Å²) in [5, 5.41) is 24.8. The van der Waals surface area contributed by atoms with Crippen LogP contribution in [0.25, 0.3) is 0 Å². The molecule has 204 valence electrons. The number of rotatable bonds is 6. The van der Waals surface area contributed by atoms with Crippen molar-refractivity contribution < 1.29 is 19.7 Å². The van der Waals surface area contributed by atoms with Gasteiger partial charge in [0.1, 0.15) is 12.6 Å². The zero-order valence-corrected chi connectivity index (χ0v) is 22.6. The van der Waals surface area contributed by atoms with E-state index in [4.69, 9.17) is 16.3 Å². The number of aryl methyl sites for hydroxylation is 1. The molecule has 1 saturated carbocycles. The van der Waals surface area contributed by atoms with Gasteiger partial charge in [-0.15, -0.1) is 0 Å². The summed E-state index contributed by atoms with van der Waals surface area (Å²) in [6, 6.07) is 3.44. The molecule has 37 heavy (non-hydrogen) atoms. The smallest absolute Gasteiger partial charge is 0.243 e. The number of allylic oxidation sites excluding steroid dienone is 1. The molecule has 1 spiro atoms. The van der Waals surface area contributed by atoms with Crippen LogP contribution in [-0.4, -0.2) is 81.4 Å². The number of carbonyl (C=O) groups is 1. The van der Waals surface area contributed by atoms with Crippen LogP contribution < -0.4 is 16.3 Å². The van der Waals surface area contributed by atoms with Gasteiger partial charge in [0, 0.05) is 36.6 Å². The number of hydrogen-bond acceptors (Lipinski definition) is 8. The molecule has 1 aromatic carbocycles. The van der Waals surface area contributed by atoms with E-state index < -0.39 is 17.1 Å². The van der Waals surface area contributed by atoms with Gasteiger partial charge in [-0.3, -0.25) is 9.69 Å². The van der Waals surface area contributed by atoms with E-state index >= 15 is 0 Å². The highest BCUT2D eigenvalue weighted by atomic mass is 16.5. The Morgan fingerprint density at radius 1 is 1.30 bits per heavy atom. The summed E-state index contributed by atoms with van der Waals surface area (Å²) >= 11 is 0. The van der Waals surface area contributed by atoms with Gasteiger partial charge in [0.15, 0.2) is 11.5 Å². The Kier molecular flexibility index (Phi) is 6.61.